The van der Waals surface area contributed by atoms with Crippen LogP contribution in [0.4, 0.5) is 5.69 Å². The smallest absolute Gasteiger partial charge is 0.210 e. The molecule has 0 heterocycles. The Labute approximate surface area is 117 Å². The van der Waals surface area contributed by atoms with Crippen molar-refractivity contribution in [2.24, 2.45) is 0 Å². The van der Waals surface area contributed by atoms with Gasteiger partial charge in [0.25, 0.3) is 0 Å². The highest BCUT2D eigenvalue weighted by Gasteiger charge is 2.23. The number of rotatable bonds is 3. The third-order valence-corrected chi connectivity index (χ3v) is 4.59. The number of hydrogen-bond acceptors (Lipinski definition) is 5. The number of nitrogens with zero attached hydrogens (tertiary/aromatic N) is 1. The second-order valence-electron chi connectivity index (χ2n) is 4.02. The SMILES string of the molecule is COc1cc(N)c(C#N)cc1S(=O)(=O)c1ccccc1. The van der Waals surface area contributed by atoms with Crippen LogP contribution in [-0.4, -0.2) is 15.5 Å². The summed E-state index contributed by atoms with van der Waals surface area (Å²) in [6.07, 6.45) is 0. The van der Waals surface area contributed by atoms with Crippen molar-refractivity contribution in [3.05, 3.63) is 48.0 Å². The summed E-state index contributed by atoms with van der Waals surface area (Å²) in [5.74, 6) is 0.116. The van der Waals surface area contributed by atoms with E-state index in [2.05, 4.69) is 0 Å². The molecule has 20 heavy (non-hydrogen) atoms. The van der Waals surface area contributed by atoms with Gasteiger partial charge in [0, 0.05) is 6.07 Å². The maximum atomic E-state index is 12.6. The lowest BCUT2D eigenvalue weighted by molar-refractivity contribution is 0.403. The zero-order chi connectivity index (χ0) is 14.8. The van der Waals surface area contributed by atoms with Crippen LogP contribution in [0.3, 0.4) is 0 Å². The van der Waals surface area contributed by atoms with Crippen LogP contribution in [0.5, 0.6) is 5.75 Å². The van der Waals surface area contributed by atoms with Crippen LogP contribution in [0.15, 0.2) is 52.3 Å². The summed E-state index contributed by atoms with van der Waals surface area (Å²) in [6.45, 7) is 0. The Bertz CT molecular complexity index is 778. The molecule has 2 N–H and O–H groups in total. The summed E-state index contributed by atoms with van der Waals surface area (Å²) in [7, 11) is -2.41. The van der Waals surface area contributed by atoms with Crippen molar-refractivity contribution in [1.29, 1.82) is 5.26 Å². The van der Waals surface area contributed by atoms with Gasteiger partial charge in [0.1, 0.15) is 16.7 Å². The van der Waals surface area contributed by atoms with Crippen molar-refractivity contribution >= 4 is 15.5 Å². The van der Waals surface area contributed by atoms with Gasteiger partial charge in [0.05, 0.1) is 23.3 Å². The molecular formula is C14H12N2O3S. The van der Waals surface area contributed by atoms with E-state index in [1.54, 1.807) is 18.2 Å². The number of nitrogens with two attached hydrogens (primary N) is 1. The average molecular weight is 288 g/mol. The lowest BCUT2D eigenvalue weighted by Gasteiger charge is -2.11. The minimum Gasteiger partial charge on any atom is -0.495 e. The average Bonchev–Trinajstić information content (AvgIpc) is 2.47. The summed E-state index contributed by atoms with van der Waals surface area (Å²) < 4.78 is 30.2. The zero-order valence-corrected chi connectivity index (χ0v) is 11.5. The summed E-state index contributed by atoms with van der Waals surface area (Å²) in [5, 5.41) is 8.98. The molecular weight excluding hydrogens is 276 g/mol. The molecule has 0 saturated heterocycles. The molecule has 0 unspecified atom stereocenters. The zero-order valence-electron chi connectivity index (χ0n) is 10.7. The fraction of sp³-hybridized carbons (Fsp3) is 0.0714. The topological polar surface area (TPSA) is 93.2 Å². The Morgan fingerprint density at radius 1 is 1.20 bits per heavy atom. The van der Waals surface area contributed by atoms with Crippen molar-refractivity contribution < 1.29 is 13.2 Å². The number of ether oxygens (including phenoxy) is 1. The number of methoxy groups -OCH3 is 1. The Morgan fingerprint density at radius 2 is 1.85 bits per heavy atom. The summed E-state index contributed by atoms with van der Waals surface area (Å²) in [6, 6.07) is 12.4. The summed E-state index contributed by atoms with van der Waals surface area (Å²) in [5.41, 5.74) is 5.94. The van der Waals surface area contributed by atoms with E-state index in [1.165, 1.54) is 31.4 Å². The van der Waals surface area contributed by atoms with Crippen molar-refractivity contribution in [3.8, 4) is 11.8 Å². The van der Waals surface area contributed by atoms with E-state index in [-0.39, 0.29) is 26.8 Å². The van der Waals surface area contributed by atoms with Gasteiger partial charge in [-0.3, -0.25) is 0 Å². The molecule has 0 radical (unpaired) electrons. The summed E-state index contributed by atoms with van der Waals surface area (Å²) in [4.78, 5) is 0.0592. The molecule has 0 aromatic heterocycles. The van der Waals surface area contributed by atoms with Gasteiger partial charge in [-0.05, 0) is 18.2 Å². The number of nitriles is 1. The first-order chi connectivity index (χ1) is 9.50. The summed E-state index contributed by atoms with van der Waals surface area (Å²) >= 11 is 0. The molecule has 2 rings (SSSR count). The Kier molecular flexibility index (Phi) is 3.63. The maximum Gasteiger partial charge on any atom is 0.210 e. The largest absolute Gasteiger partial charge is 0.495 e. The predicted molar refractivity (Wildman–Crippen MR) is 74.0 cm³/mol. The van der Waals surface area contributed by atoms with Crippen LogP contribution >= 0.6 is 0 Å². The highest BCUT2D eigenvalue weighted by Crippen LogP contribution is 2.32. The second kappa shape index (κ2) is 5.23. The monoisotopic (exact) mass is 288 g/mol. The molecule has 6 heteroatoms. The van der Waals surface area contributed by atoms with Gasteiger partial charge in [-0.25, -0.2) is 8.42 Å². The third kappa shape index (κ3) is 2.31. The van der Waals surface area contributed by atoms with Crippen molar-refractivity contribution in [2.75, 3.05) is 12.8 Å². The van der Waals surface area contributed by atoms with Crippen LogP contribution in [-0.2, 0) is 9.84 Å². The van der Waals surface area contributed by atoms with Gasteiger partial charge >= 0.3 is 0 Å². The van der Waals surface area contributed by atoms with E-state index in [0.717, 1.165) is 0 Å². The molecule has 0 aliphatic rings. The first-order valence-electron chi connectivity index (χ1n) is 5.68. The number of benzene rings is 2. The van der Waals surface area contributed by atoms with Gasteiger partial charge in [0.2, 0.25) is 9.84 Å². The number of nitrogen functional groups attached to an aromatic ring is 1. The lowest BCUT2D eigenvalue weighted by atomic mass is 10.2. The molecule has 2 aromatic rings. The van der Waals surface area contributed by atoms with Gasteiger partial charge in [-0.2, -0.15) is 5.26 Å². The second-order valence-corrected chi connectivity index (χ2v) is 5.94. The molecule has 2 aromatic carbocycles. The van der Waals surface area contributed by atoms with E-state index in [4.69, 9.17) is 15.7 Å². The molecule has 0 saturated carbocycles. The van der Waals surface area contributed by atoms with Crippen molar-refractivity contribution in [1.82, 2.24) is 0 Å². The minimum atomic E-state index is -3.76. The standard InChI is InChI=1S/C14H12N2O3S/c1-19-13-8-12(16)10(9-15)7-14(13)20(17,18)11-5-3-2-4-6-11/h2-8H,16H2,1H3. The van der Waals surface area contributed by atoms with E-state index in [9.17, 15) is 8.42 Å². The third-order valence-electron chi connectivity index (χ3n) is 2.80. The molecule has 0 atom stereocenters. The maximum absolute atomic E-state index is 12.6. The molecule has 0 aliphatic heterocycles. The molecule has 0 fully saturated rings. The van der Waals surface area contributed by atoms with Gasteiger partial charge in [-0.15, -0.1) is 0 Å². The van der Waals surface area contributed by atoms with Gasteiger partial charge in [-0.1, -0.05) is 18.2 Å². The van der Waals surface area contributed by atoms with Crippen LogP contribution in [0.1, 0.15) is 5.56 Å². The molecule has 0 bridgehead atoms. The van der Waals surface area contributed by atoms with Crippen LogP contribution in [0.2, 0.25) is 0 Å². The minimum absolute atomic E-state index is 0.0723. The first kappa shape index (κ1) is 13.9. The van der Waals surface area contributed by atoms with E-state index in [0.29, 0.717) is 0 Å². The molecule has 0 amide bonds. The van der Waals surface area contributed by atoms with Crippen LogP contribution in [0, 0.1) is 11.3 Å². The molecule has 0 aliphatic carbocycles. The van der Waals surface area contributed by atoms with Crippen LogP contribution in [0.25, 0.3) is 0 Å². The molecule has 102 valence electrons. The quantitative estimate of drug-likeness (QED) is 0.872. The number of anilines is 1. The highest BCUT2D eigenvalue weighted by molar-refractivity contribution is 7.91. The van der Waals surface area contributed by atoms with Gasteiger partial charge in [0.15, 0.2) is 0 Å². The lowest BCUT2D eigenvalue weighted by Crippen LogP contribution is -2.06. The Hall–Kier alpha value is -2.52. The van der Waals surface area contributed by atoms with E-state index < -0.39 is 9.84 Å². The predicted octanol–water partition coefficient (Wildman–Crippen LogP) is 1.98. The van der Waals surface area contributed by atoms with Gasteiger partial charge < -0.3 is 10.5 Å². The van der Waals surface area contributed by atoms with Crippen molar-refractivity contribution in [2.45, 2.75) is 9.79 Å². The number of sulfone groups is 1. The van der Waals surface area contributed by atoms with Crippen molar-refractivity contribution in [3.63, 3.8) is 0 Å². The Morgan fingerprint density at radius 3 is 2.40 bits per heavy atom. The molecule has 5 nitrogen and oxygen atoms in total. The van der Waals surface area contributed by atoms with Crippen LogP contribution < -0.4 is 10.5 Å². The Balaban J connectivity index is 2.72. The fourth-order valence-corrected chi connectivity index (χ4v) is 3.22. The number of hydrogen-bond donors (Lipinski definition) is 1. The molecule has 0 spiro atoms. The van der Waals surface area contributed by atoms with E-state index >= 15 is 0 Å². The fourth-order valence-electron chi connectivity index (χ4n) is 1.77. The highest BCUT2D eigenvalue weighted by atomic mass is 32.2. The normalized spacial score (nSPS) is 10.8. The van der Waals surface area contributed by atoms with E-state index in [1.807, 2.05) is 6.07 Å². The first-order valence-corrected chi connectivity index (χ1v) is 7.16.